The summed E-state index contributed by atoms with van der Waals surface area (Å²) in [5.74, 6) is 0. The monoisotopic (exact) mass is 233 g/mol. The zero-order chi connectivity index (χ0) is 12.1. The van der Waals surface area contributed by atoms with E-state index in [1.54, 1.807) is 0 Å². The Morgan fingerprint density at radius 1 is 1.35 bits per heavy atom. The summed E-state index contributed by atoms with van der Waals surface area (Å²) in [6.45, 7) is 5.37. The van der Waals surface area contributed by atoms with Crippen LogP contribution in [0.15, 0.2) is 18.3 Å². The number of hydrogen-bond acceptors (Lipinski definition) is 3. The molecule has 0 aromatic carbocycles. The molecule has 3 nitrogen and oxygen atoms in total. The van der Waals surface area contributed by atoms with E-state index in [9.17, 15) is 0 Å². The molecule has 1 aromatic rings. The van der Waals surface area contributed by atoms with E-state index >= 15 is 0 Å². The van der Waals surface area contributed by atoms with E-state index < -0.39 is 0 Å². The standard InChI is InChI=1S/C14H23N3/c1-12-5-6-13(16-10-12)11-17(2)14-4-3-8-15-9-7-14/h5-6,10,14-15H,3-4,7-9,11H2,1-2H3. The first-order chi connectivity index (χ1) is 8.25. The molecule has 2 heterocycles. The van der Waals surface area contributed by atoms with Crippen molar-refractivity contribution in [3.8, 4) is 0 Å². The van der Waals surface area contributed by atoms with Gasteiger partial charge in [0.15, 0.2) is 0 Å². The van der Waals surface area contributed by atoms with Crippen molar-refractivity contribution in [3.63, 3.8) is 0 Å². The maximum absolute atomic E-state index is 4.48. The van der Waals surface area contributed by atoms with Crippen LogP contribution in [-0.4, -0.2) is 36.1 Å². The molecule has 1 fully saturated rings. The van der Waals surface area contributed by atoms with E-state index in [1.165, 1.54) is 37.1 Å². The Morgan fingerprint density at radius 2 is 2.24 bits per heavy atom. The molecule has 1 aromatic heterocycles. The number of nitrogens with zero attached hydrogens (tertiary/aromatic N) is 2. The third kappa shape index (κ3) is 3.79. The molecule has 2 rings (SSSR count). The van der Waals surface area contributed by atoms with Gasteiger partial charge in [0.1, 0.15) is 0 Å². The molecule has 1 atom stereocenters. The SMILES string of the molecule is Cc1ccc(CN(C)C2CCCNCC2)nc1. The highest BCUT2D eigenvalue weighted by Crippen LogP contribution is 2.14. The molecule has 0 saturated carbocycles. The van der Waals surface area contributed by atoms with Gasteiger partial charge in [-0.3, -0.25) is 9.88 Å². The number of aromatic nitrogens is 1. The van der Waals surface area contributed by atoms with Gasteiger partial charge in [-0.2, -0.15) is 0 Å². The van der Waals surface area contributed by atoms with Gasteiger partial charge in [0, 0.05) is 18.8 Å². The highest BCUT2D eigenvalue weighted by molar-refractivity contribution is 5.12. The van der Waals surface area contributed by atoms with Crippen LogP contribution in [0, 0.1) is 6.92 Å². The molecule has 0 amide bonds. The van der Waals surface area contributed by atoms with Crippen LogP contribution in [0.1, 0.15) is 30.5 Å². The number of nitrogens with one attached hydrogen (secondary N) is 1. The fraction of sp³-hybridized carbons (Fsp3) is 0.643. The molecule has 0 spiro atoms. The second kappa shape index (κ2) is 6.12. The van der Waals surface area contributed by atoms with E-state index in [0.29, 0.717) is 6.04 Å². The number of pyridine rings is 1. The molecule has 94 valence electrons. The topological polar surface area (TPSA) is 28.2 Å². The molecule has 1 aliphatic rings. The summed E-state index contributed by atoms with van der Waals surface area (Å²) in [6.07, 6.45) is 5.80. The summed E-state index contributed by atoms with van der Waals surface area (Å²) in [7, 11) is 2.22. The van der Waals surface area contributed by atoms with Crippen LogP contribution in [0.2, 0.25) is 0 Å². The minimum Gasteiger partial charge on any atom is -0.317 e. The number of rotatable bonds is 3. The lowest BCUT2D eigenvalue weighted by Crippen LogP contribution is -2.32. The Labute approximate surface area is 104 Å². The van der Waals surface area contributed by atoms with Crippen LogP contribution in [-0.2, 0) is 6.54 Å². The highest BCUT2D eigenvalue weighted by Gasteiger charge is 2.16. The van der Waals surface area contributed by atoms with Crippen molar-refractivity contribution < 1.29 is 0 Å². The summed E-state index contributed by atoms with van der Waals surface area (Å²) in [5, 5.41) is 3.46. The second-order valence-electron chi connectivity index (χ2n) is 5.08. The second-order valence-corrected chi connectivity index (χ2v) is 5.08. The van der Waals surface area contributed by atoms with Crippen molar-refractivity contribution >= 4 is 0 Å². The van der Waals surface area contributed by atoms with Crippen molar-refractivity contribution in [2.24, 2.45) is 0 Å². The van der Waals surface area contributed by atoms with E-state index in [4.69, 9.17) is 0 Å². The number of hydrogen-bond donors (Lipinski definition) is 1. The smallest absolute Gasteiger partial charge is 0.0544 e. The molecule has 0 aliphatic carbocycles. The summed E-state index contributed by atoms with van der Waals surface area (Å²) in [6, 6.07) is 4.99. The van der Waals surface area contributed by atoms with Crippen molar-refractivity contribution in [2.75, 3.05) is 20.1 Å². The maximum atomic E-state index is 4.48. The van der Waals surface area contributed by atoms with E-state index in [-0.39, 0.29) is 0 Å². The van der Waals surface area contributed by atoms with E-state index in [1.807, 2.05) is 6.20 Å². The van der Waals surface area contributed by atoms with Gasteiger partial charge >= 0.3 is 0 Å². The van der Waals surface area contributed by atoms with Crippen LogP contribution in [0.3, 0.4) is 0 Å². The Kier molecular flexibility index (Phi) is 4.51. The predicted molar refractivity (Wildman–Crippen MR) is 70.9 cm³/mol. The van der Waals surface area contributed by atoms with Crippen LogP contribution in [0.25, 0.3) is 0 Å². The van der Waals surface area contributed by atoms with Crippen LogP contribution >= 0.6 is 0 Å². The molecule has 17 heavy (non-hydrogen) atoms. The van der Waals surface area contributed by atoms with Gasteiger partial charge in [0.05, 0.1) is 5.69 Å². The van der Waals surface area contributed by atoms with Gasteiger partial charge in [-0.25, -0.2) is 0 Å². The zero-order valence-electron chi connectivity index (χ0n) is 10.9. The largest absolute Gasteiger partial charge is 0.317 e. The van der Waals surface area contributed by atoms with Crippen molar-refractivity contribution in [1.82, 2.24) is 15.2 Å². The van der Waals surface area contributed by atoms with Crippen molar-refractivity contribution in [1.29, 1.82) is 0 Å². The molecule has 1 aliphatic heterocycles. The normalized spacial score (nSPS) is 21.5. The predicted octanol–water partition coefficient (Wildman–Crippen LogP) is 1.96. The first-order valence-corrected chi connectivity index (χ1v) is 6.58. The van der Waals surface area contributed by atoms with E-state index in [2.05, 4.69) is 41.3 Å². The van der Waals surface area contributed by atoms with Crippen LogP contribution in [0.4, 0.5) is 0 Å². The third-order valence-corrected chi connectivity index (χ3v) is 3.55. The highest BCUT2D eigenvalue weighted by atomic mass is 15.1. The van der Waals surface area contributed by atoms with Gasteiger partial charge in [0.2, 0.25) is 0 Å². The fourth-order valence-corrected chi connectivity index (χ4v) is 2.42. The first-order valence-electron chi connectivity index (χ1n) is 6.58. The van der Waals surface area contributed by atoms with Gasteiger partial charge in [-0.05, 0) is 58.0 Å². The molecule has 1 N–H and O–H groups in total. The van der Waals surface area contributed by atoms with Gasteiger partial charge in [-0.15, -0.1) is 0 Å². The summed E-state index contributed by atoms with van der Waals surface area (Å²) in [5.41, 5.74) is 2.41. The van der Waals surface area contributed by atoms with Crippen LogP contribution < -0.4 is 5.32 Å². The first kappa shape index (κ1) is 12.5. The van der Waals surface area contributed by atoms with Crippen molar-refractivity contribution in [2.45, 2.75) is 38.8 Å². The molecule has 0 bridgehead atoms. The summed E-state index contributed by atoms with van der Waals surface area (Å²) >= 11 is 0. The average molecular weight is 233 g/mol. The molecule has 0 radical (unpaired) electrons. The number of aryl methyl sites for hydroxylation is 1. The minimum absolute atomic E-state index is 0.702. The lowest BCUT2D eigenvalue weighted by atomic mass is 10.1. The fourth-order valence-electron chi connectivity index (χ4n) is 2.42. The lowest BCUT2D eigenvalue weighted by molar-refractivity contribution is 0.214. The minimum atomic E-state index is 0.702. The van der Waals surface area contributed by atoms with Gasteiger partial charge in [-0.1, -0.05) is 6.07 Å². The van der Waals surface area contributed by atoms with Crippen molar-refractivity contribution in [3.05, 3.63) is 29.6 Å². The van der Waals surface area contributed by atoms with Crippen LogP contribution in [0.5, 0.6) is 0 Å². The van der Waals surface area contributed by atoms with Gasteiger partial charge < -0.3 is 5.32 Å². The molecule has 3 heteroatoms. The molecule has 1 saturated heterocycles. The Bertz CT molecular complexity index is 326. The lowest BCUT2D eigenvalue weighted by Gasteiger charge is -2.26. The maximum Gasteiger partial charge on any atom is 0.0544 e. The Morgan fingerprint density at radius 3 is 3.00 bits per heavy atom. The zero-order valence-corrected chi connectivity index (χ0v) is 10.9. The third-order valence-electron chi connectivity index (χ3n) is 3.55. The molecule has 1 unspecified atom stereocenters. The quantitative estimate of drug-likeness (QED) is 0.865. The van der Waals surface area contributed by atoms with Gasteiger partial charge in [0.25, 0.3) is 0 Å². The Balaban J connectivity index is 1.90. The summed E-state index contributed by atoms with van der Waals surface area (Å²) < 4.78 is 0. The van der Waals surface area contributed by atoms with E-state index in [0.717, 1.165) is 13.1 Å². The summed E-state index contributed by atoms with van der Waals surface area (Å²) in [4.78, 5) is 6.93. The molecular weight excluding hydrogens is 210 g/mol. The molecular formula is C14H23N3. The Hall–Kier alpha value is -0.930. The average Bonchev–Trinajstić information content (AvgIpc) is 2.61.